The van der Waals surface area contributed by atoms with Gasteiger partial charge in [0.05, 0.1) is 11.6 Å². The fourth-order valence-corrected chi connectivity index (χ4v) is 4.50. The number of unbranched alkanes of at least 4 members (excludes halogenated alkanes) is 2. The van der Waals surface area contributed by atoms with Crippen molar-refractivity contribution in [3.8, 4) is 0 Å². The molecule has 134 valence electrons. The summed E-state index contributed by atoms with van der Waals surface area (Å²) < 4.78 is 5.27. The zero-order chi connectivity index (χ0) is 17.5. The molecule has 2 heterocycles. The number of thioether (sulfide) groups is 1. The lowest BCUT2D eigenvalue weighted by Gasteiger charge is -2.29. The van der Waals surface area contributed by atoms with Gasteiger partial charge in [0, 0.05) is 12.3 Å². The molecule has 0 aliphatic carbocycles. The van der Waals surface area contributed by atoms with E-state index < -0.39 is 6.04 Å². The van der Waals surface area contributed by atoms with Crippen LogP contribution in [-0.4, -0.2) is 40.4 Å². The largest absolute Gasteiger partial charge is 0.459 e. The van der Waals surface area contributed by atoms with Crippen molar-refractivity contribution in [2.75, 3.05) is 12.3 Å². The van der Waals surface area contributed by atoms with E-state index in [1.807, 2.05) is 0 Å². The van der Waals surface area contributed by atoms with Gasteiger partial charge in [-0.25, -0.2) is 0 Å². The van der Waals surface area contributed by atoms with Crippen LogP contribution in [0.3, 0.4) is 0 Å². The molecule has 0 aromatic carbocycles. The van der Waals surface area contributed by atoms with E-state index in [0.717, 1.165) is 25.7 Å². The summed E-state index contributed by atoms with van der Waals surface area (Å²) in [4.78, 5) is 27.1. The van der Waals surface area contributed by atoms with Crippen molar-refractivity contribution < 1.29 is 14.0 Å². The van der Waals surface area contributed by atoms with Gasteiger partial charge in [0.15, 0.2) is 5.76 Å². The number of hydrogen-bond acceptors (Lipinski definition) is 4. The zero-order valence-corrected chi connectivity index (χ0v) is 15.6. The topological polar surface area (TPSA) is 62.6 Å². The molecule has 2 rings (SSSR count). The number of hydrogen-bond donors (Lipinski definition) is 1. The van der Waals surface area contributed by atoms with E-state index in [2.05, 4.69) is 26.1 Å². The van der Waals surface area contributed by atoms with E-state index in [-0.39, 0.29) is 17.2 Å². The van der Waals surface area contributed by atoms with Crippen LogP contribution in [0.4, 0.5) is 0 Å². The highest BCUT2D eigenvalue weighted by Gasteiger charge is 2.42. The molecule has 24 heavy (non-hydrogen) atoms. The van der Waals surface area contributed by atoms with Crippen molar-refractivity contribution in [1.82, 2.24) is 10.2 Å². The number of furan rings is 1. The fraction of sp³-hybridized carbons (Fsp3) is 0.667. The first-order valence-electron chi connectivity index (χ1n) is 8.80. The minimum Gasteiger partial charge on any atom is -0.459 e. The van der Waals surface area contributed by atoms with Gasteiger partial charge in [-0.2, -0.15) is 0 Å². The molecule has 6 heteroatoms. The summed E-state index contributed by atoms with van der Waals surface area (Å²) in [6.45, 7) is 7.07. The van der Waals surface area contributed by atoms with Crippen LogP contribution in [0.2, 0.25) is 0 Å². The molecule has 0 spiro atoms. The molecule has 0 bridgehead atoms. The molecule has 1 saturated heterocycles. The lowest BCUT2D eigenvalue weighted by molar-refractivity contribution is -0.124. The molecule has 1 fully saturated rings. The summed E-state index contributed by atoms with van der Waals surface area (Å²) in [5.74, 6) is 1.16. The van der Waals surface area contributed by atoms with Gasteiger partial charge in [-0.05, 0) is 30.9 Å². The predicted molar refractivity (Wildman–Crippen MR) is 96.9 cm³/mol. The van der Waals surface area contributed by atoms with Crippen LogP contribution in [0.25, 0.3) is 0 Å². The Balaban J connectivity index is 2.07. The van der Waals surface area contributed by atoms with Crippen molar-refractivity contribution in [1.29, 1.82) is 0 Å². The number of nitrogens with zero attached hydrogens (tertiary/aromatic N) is 1. The SMILES string of the molecule is CCCCCNC(=O)C1CSC(CC(C)C)N1C(=O)c1ccco1. The van der Waals surface area contributed by atoms with Crippen LogP contribution in [0, 0.1) is 5.92 Å². The summed E-state index contributed by atoms with van der Waals surface area (Å²) in [5, 5.41) is 3.01. The van der Waals surface area contributed by atoms with Crippen LogP contribution in [0.1, 0.15) is 57.0 Å². The van der Waals surface area contributed by atoms with E-state index in [9.17, 15) is 9.59 Å². The van der Waals surface area contributed by atoms with E-state index >= 15 is 0 Å². The summed E-state index contributed by atoms with van der Waals surface area (Å²) in [7, 11) is 0. The summed E-state index contributed by atoms with van der Waals surface area (Å²) in [6.07, 6.45) is 5.56. The van der Waals surface area contributed by atoms with E-state index in [1.165, 1.54) is 6.26 Å². The highest BCUT2D eigenvalue weighted by Crippen LogP contribution is 2.34. The average Bonchev–Trinajstić information content (AvgIpc) is 3.20. The highest BCUT2D eigenvalue weighted by molar-refractivity contribution is 8.00. The molecular formula is C18H28N2O3S. The van der Waals surface area contributed by atoms with Crippen LogP contribution in [-0.2, 0) is 4.79 Å². The van der Waals surface area contributed by atoms with Crippen molar-refractivity contribution in [2.45, 2.75) is 57.9 Å². The maximum absolute atomic E-state index is 12.8. The molecular weight excluding hydrogens is 324 g/mol. The normalized spacial score (nSPS) is 20.6. The average molecular weight is 353 g/mol. The first kappa shape index (κ1) is 18.9. The molecule has 2 atom stereocenters. The van der Waals surface area contributed by atoms with Crippen LogP contribution < -0.4 is 5.32 Å². The number of amides is 2. The second-order valence-electron chi connectivity index (χ2n) is 6.62. The van der Waals surface area contributed by atoms with Gasteiger partial charge in [-0.15, -0.1) is 11.8 Å². The monoisotopic (exact) mass is 352 g/mol. The lowest BCUT2D eigenvalue weighted by Crippen LogP contribution is -2.50. The highest BCUT2D eigenvalue weighted by atomic mass is 32.2. The molecule has 2 unspecified atom stereocenters. The van der Waals surface area contributed by atoms with Crippen molar-refractivity contribution >= 4 is 23.6 Å². The smallest absolute Gasteiger partial charge is 0.291 e. The van der Waals surface area contributed by atoms with Gasteiger partial charge in [-0.1, -0.05) is 33.6 Å². The molecule has 2 amide bonds. The predicted octanol–water partition coefficient (Wildman–Crippen LogP) is 3.52. The first-order chi connectivity index (χ1) is 11.5. The quantitative estimate of drug-likeness (QED) is 0.727. The molecule has 5 nitrogen and oxygen atoms in total. The van der Waals surface area contributed by atoms with E-state index in [1.54, 1.807) is 28.8 Å². The summed E-state index contributed by atoms with van der Waals surface area (Å²) in [6, 6.07) is 2.94. The van der Waals surface area contributed by atoms with Crippen molar-refractivity contribution in [3.05, 3.63) is 24.2 Å². The van der Waals surface area contributed by atoms with Gasteiger partial charge >= 0.3 is 0 Å². The molecule has 1 aromatic heterocycles. The Morgan fingerprint density at radius 3 is 2.83 bits per heavy atom. The van der Waals surface area contributed by atoms with E-state index in [4.69, 9.17) is 4.42 Å². The molecule has 1 aliphatic heterocycles. The third-order valence-electron chi connectivity index (χ3n) is 4.11. The van der Waals surface area contributed by atoms with Gasteiger partial charge in [-0.3, -0.25) is 9.59 Å². The lowest BCUT2D eigenvalue weighted by atomic mass is 10.1. The van der Waals surface area contributed by atoms with Gasteiger partial charge < -0.3 is 14.6 Å². The molecule has 1 aliphatic rings. The second-order valence-corrected chi connectivity index (χ2v) is 7.83. The number of nitrogens with one attached hydrogen (secondary N) is 1. The number of carbonyl (C=O) groups is 2. The maximum atomic E-state index is 12.8. The maximum Gasteiger partial charge on any atom is 0.291 e. The van der Waals surface area contributed by atoms with Crippen molar-refractivity contribution in [3.63, 3.8) is 0 Å². The molecule has 1 N–H and O–H groups in total. The minimum atomic E-state index is -0.419. The Labute approximate surface area is 148 Å². The van der Waals surface area contributed by atoms with Crippen LogP contribution in [0.5, 0.6) is 0 Å². The fourth-order valence-electron chi connectivity index (χ4n) is 2.85. The third kappa shape index (κ3) is 4.79. The minimum absolute atomic E-state index is 0.0222. The standard InChI is InChI=1S/C18H28N2O3S/c1-4-5-6-9-19-17(21)14-12-24-16(11-13(2)3)20(14)18(22)15-8-7-10-23-15/h7-8,10,13-14,16H,4-6,9,11-12H2,1-3H3,(H,19,21). The Morgan fingerprint density at radius 2 is 2.21 bits per heavy atom. The van der Waals surface area contributed by atoms with Crippen molar-refractivity contribution in [2.24, 2.45) is 5.92 Å². The number of carbonyl (C=O) groups excluding carboxylic acids is 2. The summed E-state index contributed by atoms with van der Waals surface area (Å²) in [5.41, 5.74) is 0. The second kappa shape index (κ2) is 9.16. The molecule has 1 aromatic rings. The van der Waals surface area contributed by atoms with Gasteiger partial charge in [0.2, 0.25) is 5.91 Å². The van der Waals surface area contributed by atoms with Crippen LogP contribution in [0.15, 0.2) is 22.8 Å². The van der Waals surface area contributed by atoms with Gasteiger partial charge in [0.25, 0.3) is 5.91 Å². The Bertz CT molecular complexity index is 530. The Hall–Kier alpha value is -1.43. The Morgan fingerprint density at radius 1 is 1.42 bits per heavy atom. The zero-order valence-electron chi connectivity index (χ0n) is 14.8. The van der Waals surface area contributed by atoms with Gasteiger partial charge in [0.1, 0.15) is 6.04 Å². The third-order valence-corrected chi connectivity index (χ3v) is 5.43. The Kier molecular flexibility index (Phi) is 7.21. The number of rotatable bonds is 8. The molecule has 0 radical (unpaired) electrons. The van der Waals surface area contributed by atoms with E-state index in [0.29, 0.717) is 24.0 Å². The first-order valence-corrected chi connectivity index (χ1v) is 9.85. The molecule has 0 saturated carbocycles. The van der Waals surface area contributed by atoms with Crippen LogP contribution >= 0.6 is 11.8 Å². The summed E-state index contributed by atoms with van der Waals surface area (Å²) >= 11 is 1.69.